The molecule has 2 aromatic carbocycles. The van der Waals surface area contributed by atoms with Crippen LogP contribution in [0.3, 0.4) is 0 Å². The summed E-state index contributed by atoms with van der Waals surface area (Å²) in [6, 6.07) is 9.54. The van der Waals surface area contributed by atoms with Crippen LogP contribution in [0.5, 0.6) is 11.5 Å². The van der Waals surface area contributed by atoms with E-state index in [2.05, 4.69) is 20.7 Å². The van der Waals surface area contributed by atoms with Gasteiger partial charge in [-0.2, -0.15) is 9.78 Å². The third kappa shape index (κ3) is 6.87. The van der Waals surface area contributed by atoms with Crippen LogP contribution in [-0.4, -0.2) is 50.7 Å². The van der Waals surface area contributed by atoms with Crippen molar-refractivity contribution in [2.24, 2.45) is 0 Å². The van der Waals surface area contributed by atoms with Crippen molar-refractivity contribution < 1.29 is 32.2 Å². The first kappa shape index (κ1) is 29.7. The van der Waals surface area contributed by atoms with E-state index in [1.165, 1.54) is 48.8 Å². The molecule has 15 heteroatoms. The lowest BCUT2D eigenvalue weighted by atomic mass is 10.1. The first-order valence-corrected chi connectivity index (χ1v) is 12.2. The normalized spacial score (nSPS) is 11.7. The average Bonchev–Trinajstić information content (AvgIpc) is 2.94. The van der Waals surface area contributed by atoms with Gasteiger partial charge in [0.05, 0.1) is 18.3 Å². The maximum absolute atomic E-state index is 15.0. The molecule has 4 rings (SSSR count). The van der Waals surface area contributed by atoms with Crippen molar-refractivity contribution in [1.82, 2.24) is 20.1 Å². The number of halogens is 4. The number of alkyl halides is 2. The SMILES string of the molecule is N=C(NC(CO)CC(F)F)c1c(Oc2ccc(NC(=O)c3ccnn(-c4ccc(F)cc4)c3=O)cc2F)ccnc1N. The van der Waals surface area contributed by atoms with Gasteiger partial charge >= 0.3 is 0 Å². The molecule has 218 valence electrons. The van der Waals surface area contributed by atoms with Gasteiger partial charge in [0.15, 0.2) is 11.6 Å². The van der Waals surface area contributed by atoms with Crippen LogP contribution < -0.4 is 26.7 Å². The number of carbonyl (C=O) groups excluding carboxylic acids is 1. The molecule has 0 aliphatic heterocycles. The summed E-state index contributed by atoms with van der Waals surface area (Å²) in [5.74, 6) is -3.51. The molecule has 11 nitrogen and oxygen atoms in total. The van der Waals surface area contributed by atoms with Gasteiger partial charge in [-0.3, -0.25) is 15.0 Å². The molecular weight excluding hydrogens is 562 g/mol. The quantitative estimate of drug-likeness (QED) is 0.107. The first-order valence-electron chi connectivity index (χ1n) is 12.2. The number of ether oxygens (including phenoxy) is 1. The van der Waals surface area contributed by atoms with E-state index in [9.17, 15) is 27.9 Å². The number of nitrogen functional groups attached to an aromatic ring is 1. The maximum atomic E-state index is 15.0. The molecular formula is C27H23F4N7O4. The van der Waals surface area contributed by atoms with Gasteiger partial charge in [-0.15, -0.1) is 0 Å². The average molecular weight is 586 g/mol. The zero-order valence-electron chi connectivity index (χ0n) is 21.5. The second-order valence-corrected chi connectivity index (χ2v) is 8.73. The van der Waals surface area contributed by atoms with E-state index < -0.39 is 54.4 Å². The summed E-state index contributed by atoms with van der Waals surface area (Å²) in [5.41, 5.74) is 4.79. The number of benzene rings is 2. The van der Waals surface area contributed by atoms with Crippen LogP contribution >= 0.6 is 0 Å². The van der Waals surface area contributed by atoms with Crippen molar-refractivity contribution in [3.05, 3.63) is 100 Å². The van der Waals surface area contributed by atoms with Crippen molar-refractivity contribution in [3.63, 3.8) is 0 Å². The Bertz CT molecular complexity index is 1670. The van der Waals surface area contributed by atoms with E-state index in [0.29, 0.717) is 0 Å². The number of amides is 1. The summed E-state index contributed by atoms with van der Waals surface area (Å²) in [6.07, 6.45) is -1.05. The van der Waals surface area contributed by atoms with Gasteiger partial charge in [-0.05, 0) is 42.5 Å². The van der Waals surface area contributed by atoms with Crippen molar-refractivity contribution in [1.29, 1.82) is 5.41 Å². The topological polar surface area (TPSA) is 168 Å². The molecule has 2 heterocycles. The molecule has 4 aromatic rings. The van der Waals surface area contributed by atoms with Gasteiger partial charge in [0.2, 0.25) is 6.43 Å². The molecule has 0 fully saturated rings. The number of anilines is 2. The minimum absolute atomic E-state index is 0.0314. The van der Waals surface area contributed by atoms with Crippen LogP contribution in [0.2, 0.25) is 0 Å². The number of hydrogen-bond donors (Lipinski definition) is 5. The number of aliphatic hydroxyl groups excluding tert-OH is 1. The molecule has 42 heavy (non-hydrogen) atoms. The maximum Gasteiger partial charge on any atom is 0.284 e. The zero-order valence-corrected chi connectivity index (χ0v) is 21.5. The minimum atomic E-state index is -2.74. The Morgan fingerprint density at radius 1 is 1.07 bits per heavy atom. The Morgan fingerprint density at radius 3 is 2.48 bits per heavy atom. The van der Waals surface area contributed by atoms with Gasteiger partial charge < -0.3 is 26.2 Å². The third-order valence-corrected chi connectivity index (χ3v) is 5.80. The lowest BCUT2D eigenvalue weighted by Gasteiger charge is -2.20. The smallest absolute Gasteiger partial charge is 0.284 e. The number of nitrogens with one attached hydrogen (secondary N) is 3. The number of aliphatic hydroxyl groups is 1. The Labute approximate surface area is 235 Å². The fourth-order valence-corrected chi connectivity index (χ4v) is 3.80. The Kier molecular flexibility index (Phi) is 9.12. The van der Waals surface area contributed by atoms with Crippen LogP contribution in [-0.2, 0) is 0 Å². The molecule has 1 atom stereocenters. The van der Waals surface area contributed by atoms with Crippen LogP contribution in [0.1, 0.15) is 22.3 Å². The van der Waals surface area contributed by atoms with E-state index in [-0.39, 0.29) is 39.8 Å². The van der Waals surface area contributed by atoms with E-state index in [4.69, 9.17) is 15.9 Å². The number of hydrogen-bond acceptors (Lipinski definition) is 8. The molecule has 0 aliphatic rings. The van der Waals surface area contributed by atoms with E-state index in [1.54, 1.807) is 0 Å². The Morgan fingerprint density at radius 2 is 1.81 bits per heavy atom. The fourth-order valence-electron chi connectivity index (χ4n) is 3.80. The monoisotopic (exact) mass is 585 g/mol. The summed E-state index contributed by atoms with van der Waals surface area (Å²) in [4.78, 5) is 29.5. The molecule has 0 saturated carbocycles. The number of nitrogens with zero attached hydrogens (tertiary/aromatic N) is 3. The molecule has 0 radical (unpaired) electrons. The summed E-state index contributed by atoms with van der Waals surface area (Å²) < 4.78 is 60.3. The van der Waals surface area contributed by atoms with Gasteiger partial charge in [0.25, 0.3) is 11.5 Å². The van der Waals surface area contributed by atoms with Crippen LogP contribution in [0, 0.1) is 17.0 Å². The number of pyridine rings is 1. The standard InChI is InChI=1S/C27H23F4N7O4/c28-14-1-4-17(5-2-14)38-27(41)18(7-10-35-38)26(40)37-15-3-6-20(19(29)11-15)42-21-8-9-34-24(32)23(21)25(33)36-16(13-39)12-22(30)31/h1-11,16,22,39H,12-13H2,(H2,32,34)(H2,33,36)(H,37,40). The summed E-state index contributed by atoms with van der Waals surface area (Å²) in [6.45, 7) is -0.690. The lowest BCUT2D eigenvalue weighted by Crippen LogP contribution is -2.39. The van der Waals surface area contributed by atoms with Crippen LogP contribution in [0.15, 0.2) is 71.8 Å². The zero-order chi connectivity index (χ0) is 30.4. The Hall–Kier alpha value is -5.31. The highest BCUT2D eigenvalue weighted by atomic mass is 19.3. The predicted molar refractivity (Wildman–Crippen MR) is 144 cm³/mol. The predicted octanol–water partition coefficient (Wildman–Crippen LogP) is 3.46. The molecule has 1 amide bonds. The largest absolute Gasteiger partial charge is 0.453 e. The molecule has 0 bridgehead atoms. The van der Waals surface area contributed by atoms with Gasteiger partial charge in [-0.25, -0.2) is 22.5 Å². The summed E-state index contributed by atoms with van der Waals surface area (Å²) in [7, 11) is 0. The first-order chi connectivity index (χ1) is 20.1. The summed E-state index contributed by atoms with van der Waals surface area (Å²) >= 11 is 0. The molecule has 0 aliphatic carbocycles. The highest BCUT2D eigenvalue weighted by molar-refractivity contribution is 6.04. The van der Waals surface area contributed by atoms with Crippen molar-refractivity contribution >= 4 is 23.2 Å². The highest BCUT2D eigenvalue weighted by Gasteiger charge is 2.22. The van der Waals surface area contributed by atoms with E-state index in [1.807, 2.05) is 0 Å². The fraction of sp³-hybridized carbons (Fsp3) is 0.148. The molecule has 6 N–H and O–H groups in total. The summed E-state index contributed by atoms with van der Waals surface area (Å²) in [5, 5.41) is 26.3. The molecule has 2 aromatic heterocycles. The van der Waals surface area contributed by atoms with Crippen molar-refractivity contribution in [2.75, 3.05) is 17.7 Å². The lowest BCUT2D eigenvalue weighted by molar-refractivity contribution is 0.102. The highest BCUT2D eigenvalue weighted by Crippen LogP contribution is 2.31. The van der Waals surface area contributed by atoms with Crippen molar-refractivity contribution in [3.8, 4) is 17.2 Å². The number of carbonyl (C=O) groups is 1. The van der Waals surface area contributed by atoms with Gasteiger partial charge in [-0.1, -0.05) is 0 Å². The second kappa shape index (κ2) is 12.9. The molecule has 0 spiro atoms. The van der Waals surface area contributed by atoms with E-state index >= 15 is 4.39 Å². The van der Waals surface area contributed by atoms with E-state index in [0.717, 1.165) is 22.9 Å². The van der Waals surface area contributed by atoms with Crippen LogP contribution in [0.4, 0.5) is 29.1 Å². The number of amidine groups is 1. The second-order valence-electron chi connectivity index (χ2n) is 8.73. The van der Waals surface area contributed by atoms with Gasteiger partial charge in [0, 0.05) is 36.6 Å². The number of rotatable bonds is 10. The van der Waals surface area contributed by atoms with Crippen LogP contribution in [0.25, 0.3) is 5.69 Å². The number of aromatic nitrogens is 3. The molecule has 1 unspecified atom stereocenters. The van der Waals surface area contributed by atoms with Gasteiger partial charge in [0.1, 0.15) is 34.3 Å². The Balaban J connectivity index is 1.52. The minimum Gasteiger partial charge on any atom is -0.453 e. The number of nitrogens with two attached hydrogens (primary N) is 1. The molecule has 0 saturated heterocycles. The third-order valence-electron chi connectivity index (χ3n) is 5.80. The van der Waals surface area contributed by atoms with Crippen molar-refractivity contribution in [2.45, 2.75) is 18.9 Å².